The van der Waals surface area contributed by atoms with E-state index in [2.05, 4.69) is 5.32 Å². The van der Waals surface area contributed by atoms with E-state index in [0.29, 0.717) is 12.3 Å². The summed E-state index contributed by atoms with van der Waals surface area (Å²) in [6.45, 7) is 5.09. The number of halogens is 1. The molecule has 0 aliphatic heterocycles. The highest BCUT2D eigenvalue weighted by molar-refractivity contribution is 7.92. The van der Waals surface area contributed by atoms with Crippen LogP contribution >= 0.6 is 0 Å². The number of anilines is 1. The van der Waals surface area contributed by atoms with Gasteiger partial charge in [-0.25, -0.2) is 12.8 Å². The average Bonchev–Trinajstić information content (AvgIpc) is 2.95. The molecule has 0 saturated carbocycles. The molecule has 1 atom stereocenters. The summed E-state index contributed by atoms with van der Waals surface area (Å²) in [5.74, 6) is -1.05. The van der Waals surface area contributed by atoms with Crippen molar-refractivity contribution in [3.05, 3.63) is 83.7 Å². The molecule has 0 heterocycles. The van der Waals surface area contributed by atoms with Crippen molar-refractivity contribution >= 4 is 27.5 Å². The Morgan fingerprint density at radius 3 is 2.15 bits per heavy atom. The zero-order valence-corrected chi connectivity index (χ0v) is 24.0. The molecule has 11 heteroatoms. The standard InChI is InChI=1S/C29H34FN3O6S/c1-6-31-29(35)21(3)32(18-22-9-7-20(2)8-10-22)28(34)19-33(24-13-11-23(30)12-14-24)40(36,37)25-15-16-26(38-4)27(17-25)39-5/h7-17,21H,6,18-19H2,1-5H3,(H,31,35)/t21-/m0/s1. The molecule has 0 aliphatic carbocycles. The van der Waals surface area contributed by atoms with Gasteiger partial charge >= 0.3 is 0 Å². The molecule has 0 saturated heterocycles. The molecule has 1 N–H and O–H groups in total. The Hall–Kier alpha value is -4.12. The number of likely N-dealkylation sites (N-methyl/N-ethyl adjacent to an activating group) is 1. The molecule has 0 aliphatic rings. The van der Waals surface area contributed by atoms with Crippen LogP contribution in [0.5, 0.6) is 11.5 Å². The van der Waals surface area contributed by atoms with Crippen LogP contribution in [0.25, 0.3) is 0 Å². The second-order valence-electron chi connectivity index (χ2n) is 9.08. The van der Waals surface area contributed by atoms with E-state index in [4.69, 9.17) is 9.47 Å². The van der Waals surface area contributed by atoms with E-state index in [0.717, 1.165) is 27.6 Å². The molecule has 214 valence electrons. The monoisotopic (exact) mass is 571 g/mol. The lowest BCUT2D eigenvalue weighted by Gasteiger charge is -2.32. The van der Waals surface area contributed by atoms with Gasteiger partial charge < -0.3 is 19.7 Å². The van der Waals surface area contributed by atoms with Crippen molar-refractivity contribution in [2.75, 3.05) is 31.6 Å². The topological polar surface area (TPSA) is 105 Å². The zero-order chi connectivity index (χ0) is 29.4. The lowest BCUT2D eigenvalue weighted by Crippen LogP contribution is -2.51. The highest BCUT2D eigenvalue weighted by Gasteiger charge is 2.33. The number of carbonyl (C=O) groups excluding carboxylic acids is 2. The van der Waals surface area contributed by atoms with E-state index in [1.807, 2.05) is 31.2 Å². The lowest BCUT2D eigenvalue weighted by atomic mass is 10.1. The van der Waals surface area contributed by atoms with Gasteiger partial charge in [0.15, 0.2) is 11.5 Å². The van der Waals surface area contributed by atoms with Crippen molar-refractivity contribution in [1.29, 1.82) is 0 Å². The summed E-state index contributed by atoms with van der Waals surface area (Å²) in [5.41, 5.74) is 1.87. The normalized spacial score (nSPS) is 11.8. The molecule has 0 fully saturated rings. The van der Waals surface area contributed by atoms with Gasteiger partial charge in [0.2, 0.25) is 11.8 Å². The molecule has 0 radical (unpaired) electrons. The fourth-order valence-corrected chi connectivity index (χ4v) is 5.47. The molecule has 9 nitrogen and oxygen atoms in total. The van der Waals surface area contributed by atoms with E-state index < -0.39 is 34.3 Å². The van der Waals surface area contributed by atoms with Gasteiger partial charge in [-0.1, -0.05) is 29.8 Å². The van der Waals surface area contributed by atoms with Gasteiger partial charge in [-0.2, -0.15) is 0 Å². The highest BCUT2D eigenvalue weighted by Crippen LogP contribution is 2.32. The summed E-state index contributed by atoms with van der Waals surface area (Å²) in [6, 6.07) is 15.4. The molecule has 40 heavy (non-hydrogen) atoms. The highest BCUT2D eigenvalue weighted by atomic mass is 32.2. The minimum Gasteiger partial charge on any atom is -0.493 e. The van der Waals surface area contributed by atoms with Gasteiger partial charge in [0.1, 0.15) is 18.4 Å². The van der Waals surface area contributed by atoms with Crippen molar-refractivity contribution < 1.29 is 31.9 Å². The maximum atomic E-state index is 13.9. The molecule has 0 unspecified atom stereocenters. The molecule has 0 aromatic heterocycles. The van der Waals surface area contributed by atoms with E-state index in [-0.39, 0.29) is 28.8 Å². The molecule has 3 aromatic carbocycles. The van der Waals surface area contributed by atoms with Crippen molar-refractivity contribution in [1.82, 2.24) is 10.2 Å². The smallest absolute Gasteiger partial charge is 0.264 e. The first-order valence-corrected chi connectivity index (χ1v) is 14.1. The van der Waals surface area contributed by atoms with E-state index in [1.54, 1.807) is 13.8 Å². The van der Waals surface area contributed by atoms with E-state index >= 15 is 0 Å². The van der Waals surface area contributed by atoms with Gasteiger partial charge in [-0.05, 0) is 62.7 Å². The first-order valence-electron chi connectivity index (χ1n) is 12.6. The number of rotatable bonds is 12. The largest absolute Gasteiger partial charge is 0.493 e. The summed E-state index contributed by atoms with van der Waals surface area (Å²) in [7, 11) is -1.56. The summed E-state index contributed by atoms with van der Waals surface area (Å²) in [4.78, 5) is 27.8. The fraction of sp³-hybridized carbons (Fsp3) is 0.310. The third-order valence-corrected chi connectivity index (χ3v) is 8.10. The molecule has 3 aromatic rings. The number of aryl methyl sites for hydroxylation is 1. The number of sulfonamides is 1. The third-order valence-electron chi connectivity index (χ3n) is 6.33. The molecular formula is C29H34FN3O6S. The maximum Gasteiger partial charge on any atom is 0.264 e. The van der Waals surface area contributed by atoms with Gasteiger partial charge in [-0.3, -0.25) is 13.9 Å². The SMILES string of the molecule is CCNC(=O)[C@H](C)N(Cc1ccc(C)cc1)C(=O)CN(c1ccc(F)cc1)S(=O)(=O)c1ccc(OC)c(OC)c1. The first-order chi connectivity index (χ1) is 19.0. The summed E-state index contributed by atoms with van der Waals surface area (Å²) < 4.78 is 53.0. The van der Waals surface area contributed by atoms with Gasteiger partial charge in [0.05, 0.1) is 24.8 Å². The van der Waals surface area contributed by atoms with Crippen LogP contribution in [0.2, 0.25) is 0 Å². The van der Waals surface area contributed by atoms with Crippen LogP contribution in [0.15, 0.2) is 71.6 Å². The van der Waals surface area contributed by atoms with Gasteiger partial charge in [0.25, 0.3) is 10.0 Å². The van der Waals surface area contributed by atoms with E-state index in [1.165, 1.54) is 49.5 Å². The Balaban J connectivity index is 2.06. The molecule has 3 rings (SSSR count). The summed E-state index contributed by atoms with van der Waals surface area (Å²) >= 11 is 0. The number of ether oxygens (including phenoxy) is 2. The Morgan fingerprint density at radius 2 is 1.57 bits per heavy atom. The number of hydrogen-bond donors (Lipinski definition) is 1. The molecule has 0 bridgehead atoms. The minimum atomic E-state index is -4.36. The molecular weight excluding hydrogens is 537 g/mol. The average molecular weight is 572 g/mol. The van der Waals surface area contributed by atoms with Crippen LogP contribution in [-0.2, 0) is 26.2 Å². The predicted molar refractivity (Wildman–Crippen MR) is 150 cm³/mol. The predicted octanol–water partition coefficient (Wildman–Crippen LogP) is 3.90. The van der Waals surface area contributed by atoms with Crippen molar-refractivity contribution in [2.24, 2.45) is 0 Å². The number of carbonyl (C=O) groups is 2. The van der Waals surface area contributed by atoms with Gasteiger partial charge in [0, 0.05) is 19.2 Å². The zero-order valence-electron chi connectivity index (χ0n) is 23.2. The van der Waals surface area contributed by atoms with Crippen LogP contribution in [0.4, 0.5) is 10.1 Å². The maximum absolute atomic E-state index is 13.9. The Bertz CT molecular complexity index is 1430. The van der Waals surface area contributed by atoms with E-state index in [9.17, 15) is 22.4 Å². The summed E-state index contributed by atoms with van der Waals surface area (Å²) in [5, 5.41) is 2.71. The lowest BCUT2D eigenvalue weighted by molar-refractivity contribution is -0.139. The van der Waals surface area contributed by atoms with Crippen molar-refractivity contribution in [3.8, 4) is 11.5 Å². The summed E-state index contributed by atoms with van der Waals surface area (Å²) in [6.07, 6.45) is 0. The number of benzene rings is 3. The number of nitrogens with one attached hydrogen (secondary N) is 1. The Morgan fingerprint density at radius 1 is 0.950 bits per heavy atom. The van der Waals surface area contributed by atoms with Crippen LogP contribution in [0.3, 0.4) is 0 Å². The van der Waals surface area contributed by atoms with Crippen LogP contribution in [0.1, 0.15) is 25.0 Å². The quantitative estimate of drug-likeness (QED) is 0.354. The van der Waals surface area contributed by atoms with Crippen molar-refractivity contribution in [2.45, 2.75) is 38.3 Å². The Labute approximate surface area is 234 Å². The molecule has 2 amide bonds. The van der Waals surface area contributed by atoms with Crippen LogP contribution in [0, 0.1) is 12.7 Å². The van der Waals surface area contributed by atoms with Gasteiger partial charge in [-0.15, -0.1) is 0 Å². The Kier molecular flexibility index (Phi) is 10.1. The fourth-order valence-electron chi connectivity index (χ4n) is 4.04. The third kappa shape index (κ3) is 7.09. The second-order valence-corrected chi connectivity index (χ2v) is 10.9. The number of hydrogen-bond acceptors (Lipinski definition) is 6. The van der Waals surface area contributed by atoms with Crippen LogP contribution in [-0.4, -0.2) is 58.5 Å². The molecule has 0 spiro atoms. The minimum absolute atomic E-state index is 0.0745. The number of nitrogens with zero attached hydrogens (tertiary/aromatic N) is 2. The van der Waals surface area contributed by atoms with Crippen LogP contribution < -0.4 is 19.1 Å². The van der Waals surface area contributed by atoms with Crippen molar-refractivity contribution in [3.63, 3.8) is 0 Å². The second kappa shape index (κ2) is 13.3. The number of methoxy groups -OCH3 is 2. The first kappa shape index (κ1) is 30.4. The number of amides is 2.